The molecule has 0 aliphatic carbocycles. The van der Waals surface area contributed by atoms with E-state index in [2.05, 4.69) is 15.9 Å². The minimum Gasteiger partial charge on any atom is -0.506 e. The maximum Gasteiger partial charge on any atom is 0.253 e. The van der Waals surface area contributed by atoms with Crippen molar-refractivity contribution in [1.82, 2.24) is 4.90 Å². The SMILES string of the molecule is Cl.Cl.O=C(c1ccc(F)cc1)N1CCN(c2cc(N3CCCCC3)ccc2O)CC1. The van der Waals surface area contributed by atoms with Crippen LogP contribution in [0.1, 0.15) is 29.6 Å². The molecule has 2 aromatic carbocycles. The fourth-order valence-corrected chi connectivity index (χ4v) is 4.04. The summed E-state index contributed by atoms with van der Waals surface area (Å²) in [5, 5.41) is 10.4. The predicted molar refractivity (Wildman–Crippen MR) is 123 cm³/mol. The van der Waals surface area contributed by atoms with E-state index >= 15 is 0 Å². The van der Waals surface area contributed by atoms with Gasteiger partial charge in [0.05, 0.1) is 5.69 Å². The van der Waals surface area contributed by atoms with Gasteiger partial charge in [-0.2, -0.15) is 0 Å². The van der Waals surface area contributed by atoms with E-state index in [4.69, 9.17) is 0 Å². The number of nitrogens with zero attached hydrogens (tertiary/aromatic N) is 3. The highest BCUT2D eigenvalue weighted by Gasteiger charge is 2.24. The van der Waals surface area contributed by atoms with Crippen LogP contribution >= 0.6 is 24.8 Å². The molecule has 5 nitrogen and oxygen atoms in total. The van der Waals surface area contributed by atoms with E-state index in [9.17, 15) is 14.3 Å². The number of carbonyl (C=O) groups excluding carboxylic acids is 1. The molecule has 1 amide bonds. The quantitative estimate of drug-likeness (QED) is 0.747. The second-order valence-electron chi connectivity index (χ2n) is 7.51. The van der Waals surface area contributed by atoms with E-state index in [1.165, 1.54) is 43.5 Å². The number of hydrogen-bond acceptors (Lipinski definition) is 4. The van der Waals surface area contributed by atoms with Crippen LogP contribution in [0.25, 0.3) is 0 Å². The van der Waals surface area contributed by atoms with Gasteiger partial charge in [0.15, 0.2) is 0 Å². The van der Waals surface area contributed by atoms with Gasteiger partial charge < -0.3 is 19.8 Å². The van der Waals surface area contributed by atoms with Crippen molar-refractivity contribution >= 4 is 42.1 Å². The average Bonchev–Trinajstić information content (AvgIpc) is 2.75. The van der Waals surface area contributed by atoms with Crippen molar-refractivity contribution in [3.05, 3.63) is 53.8 Å². The molecule has 0 unspecified atom stereocenters. The molecule has 2 aliphatic rings. The first-order chi connectivity index (χ1) is 13.6. The second-order valence-corrected chi connectivity index (χ2v) is 7.51. The van der Waals surface area contributed by atoms with Gasteiger partial charge in [0.25, 0.3) is 5.91 Å². The Morgan fingerprint density at radius 1 is 0.800 bits per heavy atom. The van der Waals surface area contributed by atoms with Gasteiger partial charge in [-0.15, -0.1) is 24.8 Å². The number of rotatable bonds is 3. The Morgan fingerprint density at radius 2 is 1.43 bits per heavy atom. The van der Waals surface area contributed by atoms with Crippen LogP contribution in [0.3, 0.4) is 0 Å². The van der Waals surface area contributed by atoms with E-state index in [1.54, 1.807) is 11.0 Å². The highest BCUT2D eigenvalue weighted by molar-refractivity contribution is 5.94. The predicted octanol–water partition coefficient (Wildman–Crippen LogP) is 4.33. The summed E-state index contributed by atoms with van der Waals surface area (Å²) < 4.78 is 13.1. The molecular formula is C22H28Cl2FN3O2. The highest BCUT2D eigenvalue weighted by atomic mass is 35.5. The fourth-order valence-electron chi connectivity index (χ4n) is 4.04. The van der Waals surface area contributed by atoms with Crippen LogP contribution in [-0.2, 0) is 0 Å². The number of benzene rings is 2. The van der Waals surface area contributed by atoms with Gasteiger partial charge in [-0.25, -0.2) is 4.39 Å². The standard InChI is InChI=1S/C22H26FN3O2.2ClH/c23-18-6-4-17(5-7-18)22(28)26-14-12-25(13-15-26)20-16-19(8-9-21(20)27)24-10-2-1-3-11-24;;/h4-9,16,27H,1-3,10-15H2;2*1H. The van der Waals surface area contributed by atoms with Crippen molar-refractivity contribution in [3.8, 4) is 5.75 Å². The van der Waals surface area contributed by atoms with Crippen molar-refractivity contribution in [1.29, 1.82) is 0 Å². The molecule has 2 fully saturated rings. The number of halogens is 3. The maximum atomic E-state index is 13.1. The molecule has 0 aromatic heterocycles. The molecule has 0 radical (unpaired) electrons. The zero-order valence-electron chi connectivity index (χ0n) is 16.8. The number of piperazine rings is 1. The van der Waals surface area contributed by atoms with Crippen molar-refractivity contribution in [3.63, 3.8) is 0 Å². The Morgan fingerprint density at radius 3 is 2.07 bits per heavy atom. The summed E-state index contributed by atoms with van der Waals surface area (Å²) in [5.74, 6) is -0.143. The zero-order chi connectivity index (χ0) is 19.5. The first-order valence-corrected chi connectivity index (χ1v) is 9.99. The number of carbonyl (C=O) groups is 1. The summed E-state index contributed by atoms with van der Waals surface area (Å²) in [6, 6.07) is 11.5. The van der Waals surface area contributed by atoms with Crippen molar-refractivity contribution in [2.45, 2.75) is 19.3 Å². The molecule has 0 atom stereocenters. The molecule has 0 bridgehead atoms. The van der Waals surface area contributed by atoms with Gasteiger partial charge in [-0.3, -0.25) is 4.79 Å². The molecule has 0 spiro atoms. The lowest BCUT2D eigenvalue weighted by Crippen LogP contribution is -2.48. The summed E-state index contributed by atoms with van der Waals surface area (Å²) in [6.45, 7) is 4.58. The van der Waals surface area contributed by atoms with Crippen LogP contribution < -0.4 is 9.80 Å². The first-order valence-electron chi connectivity index (χ1n) is 9.99. The van der Waals surface area contributed by atoms with E-state index in [0.717, 1.165) is 24.5 Å². The van der Waals surface area contributed by atoms with Crippen LogP contribution in [0.5, 0.6) is 5.75 Å². The zero-order valence-corrected chi connectivity index (χ0v) is 18.4. The van der Waals surface area contributed by atoms with Gasteiger partial charge in [-0.05, 0) is 61.7 Å². The number of anilines is 2. The Hall–Kier alpha value is -2.18. The number of piperidine rings is 1. The topological polar surface area (TPSA) is 47.0 Å². The number of aromatic hydroxyl groups is 1. The van der Waals surface area contributed by atoms with Crippen LogP contribution in [-0.4, -0.2) is 55.2 Å². The number of phenols is 1. The molecule has 30 heavy (non-hydrogen) atoms. The van der Waals surface area contributed by atoms with Gasteiger partial charge in [0.1, 0.15) is 11.6 Å². The molecule has 1 N–H and O–H groups in total. The third-order valence-corrected chi connectivity index (χ3v) is 5.68. The lowest BCUT2D eigenvalue weighted by atomic mass is 10.1. The Balaban J connectivity index is 0.00000160. The minimum atomic E-state index is -0.342. The molecule has 8 heteroatoms. The average molecular weight is 456 g/mol. The third kappa shape index (κ3) is 5.29. The second kappa shape index (κ2) is 10.7. The van der Waals surface area contributed by atoms with Crippen molar-refractivity contribution < 1.29 is 14.3 Å². The molecule has 4 rings (SSSR count). The largest absolute Gasteiger partial charge is 0.506 e. The molecular weight excluding hydrogens is 428 g/mol. The number of phenolic OH excluding ortho intramolecular Hbond substituents is 1. The summed E-state index contributed by atoms with van der Waals surface area (Å²) in [7, 11) is 0. The molecule has 2 aromatic rings. The summed E-state index contributed by atoms with van der Waals surface area (Å²) in [6.07, 6.45) is 3.70. The maximum absolute atomic E-state index is 13.1. The van der Waals surface area contributed by atoms with E-state index in [-0.39, 0.29) is 42.3 Å². The molecule has 0 saturated carbocycles. The minimum absolute atomic E-state index is 0. The van der Waals surface area contributed by atoms with E-state index < -0.39 is 0 Å². The van der Waals surface area contributed by atoms with E-state index in [0.29, 0.717) is 31.7 Å². The normalized spacial score (nSPS) is 16.5. The Labute approximate surface area is 189 Å². The first kappa shape index (κ1) is 24.1. The fraction of sp³-hybridized carbons (Fsp3) is 0.409. The summed E-state index contributed by atoms with van der Waals surface area (Å²) in [4.78, 5) is 18.9. The number of amides is 1. The number of hydrogen-bond donors (Lipinski definition) is 1. The highest BCUT2D eigenvalue weighted by Crippen LogP contribution is 2.33. The Bertz CT molecular complexity index is 837. The third-order valence-electron chi connectivity index (χ3n) is 5.68. The molecule has 2 aliphatic heterocycles. The molecule has 2 heterocycles. The summed E-state index contributed by atoms with van der Waals surface area (Å²) in [5.41, 5.74) is 2.49. The monoisotopic (exact) mass is 455 g/mol. The van der Waals surface area contributed by atoms with Gasteiger partial charge in [0.2, 0.25) is 0 Å². The molecule has 164 valence electrons. The van der Waals surface area contributed by atoms with E-state index in [1.807, 2.05) is 6.07 Å². The Kier molecular flexibility index (Phi) is 8.62. The smallest absolute Gasteiger partial charge is 0.253 e. The van der Waals surface area contributed by atoms with Gasteiger partial charge >= 0.3 is 0 Å². The van der Waals surface area contributed by atoms with Gasteiger partial charge in [0, 0.05) is 50.5 Å². The van der Waals surface area contributed by atoms with Crippen LogP contribution in [0.15, 0.2) is 42.5 Å². The van der Waals surface area contributed by atoms with Crippen LogP contribution in [0.2, 0.25) is 0 Å². The summed E-state index contributed by atoms with van der Waals surface area (Å²) >= 11 is 0. The van der Waals surface area contributed by atoms with Crippen molar-refractivity contribution in [2.75, 3.05) is 49.1 Å². The molecule has 2 saturated heterocycles. The van der Waals surface area contributed by atoms with Gasteiger partial charge in [-0.1, -0.05) is 0 Å². The van der Waals surface area contributed by atoms with Crippen LogP contribution in [0.4, 0.5) is 15.8 Å². The van der Waals surface area contributed by atoms with Crippen molar-refractivity contribution in [2.24, 2.45) is 0 Å². The van der Waals surface area contributed by atoms with Crippen LogP contribution in [0, 0.1) is 5.82 Å². The lowest BCUT2D eigenvalue weighted by Gasteiger charge is -2.37. The lowest BCUT2D eigenvalue weighted by molar-refractivity contribution is 0.0746.